The second kappa shape index (κ2) is 10.3. The fourth-order valence-corrected chi connectivity index (χ4v) is 5.82. The molecule has 0 unspecified atom stereocenters. The maximum absolute atomic E-state index is 14.0. The number of sulfone groups is 1. The molecule has 1 heterocycles. The maximum atomic E-state index is 14.0. The van der Waals surface area contributed by atoms with Crippen molar-refractivity contribution in [2.24, 2.45) is 11.3 Å². The third-order valence-corrected chi connectivity index (χ3v) is 7.99. The molecule has 0 radical (unpaired) electrons. The van der Waals surface area contributed by atoms with Gasteiger partial charge in [-0.2, -0.15) is 0 Å². The first kappa shape index (κ1) is 24.6. The van der Waals surface area contributed by atoms with E-state index in [0.29, 0.717) is 19.1 Å². The van der Waals surface area contributed by atoms with Crippen molar-refractivity contribution in [3.05, 3.63) is 24.0 Å². The molecule has 1 saturated carbocycles. The van der Waals surface area contributed by atoms with Gasteiger partial charge in [0.25, 0.3) is 0 Å². The normalized spacial score (nSPS) is 18.0. The van der Waals surface area contributed by atoms with Crippen LogP contribution in [0.1, 0.15) is 52.4 Å². The Labute approximate surface area is 189 Å². The van der Waals surface area contributed by atoms with Crippen LogP contribution in [0.5, 0.6) is 5.75 Å². The number of nitrogens with zero attached hydrogens (tertiary/aromatic N) is 1. The van der Waals surface area contributed by atoms with E-state index >= 15 is 0 Å². The molecule has 7 nitrogen and oxygen atoms in total. The molecule has 1 saturated heterocycles. The van der Waals surface area contributed by atoms with Crippen LogP contribution < -0.4 is 10.1 Å². The lowest BCUT2D eigenvalue weighted by Crippen LogP contribution is -2.51. The van der Waals surface area contributed by atoms with E-state index in [1.165, 1.54) is 12.1 Å². The number of carbonyl (C=O) groups is 2. The minimum atomic E-state index is -3.59. The van der Waals surface area contributed by atoms with Crippen molar-refractivity contribution in [1.29, 1.82) is 0 Å². The number of hydrogen-bond acceptors (Lipinski definition) is 6. The standard InChI is InChI=1S/C23H33FN2O5S/c1-23(2,10-4-3-5-11-26-13-21(27)25-22(28)14-26)16-32(29,30)18-8-9-19(24)20(12-18)31-15-17-6-7-17/h8-9,12,17H,3-7,10-11,13-16H2,1-2H3,(H,25,27,28). The number of ether oxygens (including phenoxy) is 1. The van der Waals surface area contributed by atoms with Gasteiger partial charge < -0.3 is 4.74 Å². The zero-order valence-electron chi connectivity index (χ0n) is 18.9. The van der Waals surface area contributed by atoms with E-state index < -0.39 is 21.1 Å². The molecule has 2 amide bonds. The summed E-state index contributed by atoms with van der Waals surface area (Å²) < 4.78 is 45.4. The van der Waals surface area contributed by atoms with Crippen LogP contribution in [0, 0.1) is 17.2 Å². The number of imide groups is 1. The minimum Gasteiger partial charge on any atom is -0.490 e. The molecule has 0 spiro atoms. The van der Waals surface area contributed by atoms with Gasteiger partial charge in [0, 0.05) is 6.07 Å². The monoisotopic (exact) mass is 468 g/mol. The number of rotatable bonds is 12. The topological polar surface area (TPSA) is 92.8 Å². The Hall–Kier alpha value is -2.00. The highest BCUT2D eigenvalue weighted by Gasteiger charge is 2.29. The van der Waals surface area contributed by atoms with Crippen LogP contribution in [0.4, 0.5) is 4.39 Å². The van der Waals surface area contributed by atoms with Crippen molar-refractivity contribution in [3.63, 3.8) is 0 Å². The van der Waals surface area contributed by atoms with E-state index in [1.54, 1.807) is 0 Å². The number of carbonyl (C=O) groups excluding carboxylic acids is 2. The summed E-state index contributed by atoms with van der Waals surface area (Å²) in [4.78, 5) is 24.7. The van der Waals surface area contributed by atoms with Gasteiger partial charge in [-0.25, -0.2) is 12.8 Å². The molecule has 2 fully saturated rings. The summed E-state index contributed by atoms with van der Waals surface area (Å²) in [7, 11) is -3.59. The number of piperazine rings is 1. The Bertz CT molecular complexity index is 928. The van der Waals surface area contributed by atoms with Gasteiger partial charge >= 0.3 is 0 Å². The lowest BCUT2D eigenvalue weighted by Gasteiger charge is -2.26. The fourth-order valence-electron chi connectivity index (χ4n) is 3.92. The highest BCUT2D eigenvalue weighted by molar-refractivity contribution is 7.91. The molecule has 1 aliphatic carbocycles. The predicted molar refractivity (Wildman–Crippen MR) is 119 cm³/mol. The third kappa shape index (κ3) is 7.55. The highest BCUT2D eigenvalue weighted by Crippen LogP contribution is 2.32. The van der Waals surface area contributed by atoms with E-state index in [2.05, 4.69) is 5.32 Å². The number of benzene rings is 1. The second-order valence-corrected chi connectivity index (χ2v) is 11.8. The van der Waals surface area contributed by atoms with Crippen LogP contribution in [-0.2, 0) is 19.4 Å². The molecule has 1 aliphatic heterocycles. The highest BCUT2D eigenvalue weighted by atomic mass is 32.2. The smallest absolute Gasteiger partial charge is 0.240 e. The Morgan fingerprint density at radius 3 is 2.47 bits per heavy atom. The van der Waals surface area contributed by atoms with Crippen LogP contribution in [0.2, 0.25) is 0 Å². The third-order valence-electron chi connectivity index (χ3n) is 5.86. The van der Waals surface area contributed by atoms with Crippen LogP contribution in [-0.4, -0.2) is 57.1 Å². The molecule has 0 bridgehead atoms. The first-order valence-corrected chi connectivity index (χ1v) is 12.9. The van der Waals surface area contributed by atoms with Gasteiger partial charge in [0.1, 0.15) is 0 Å². The van der Waals surface area contributed by atoms with Crippen LogP contribution in [0.25, 0.3) is 0 Å². The summed E-state index contributed by atoms with van der Waals surface area (Å²) in [5, 5.41) is 2.28. The van der Waals surface area contributed by atoms with Gasteiger partial charge in [-0.3, -0.25) is 19.8 Å². The molecule has 1 N–H and O–H groups in total. The number of amides is 2. The van der Waals surface area contributed by atoms with Crippen molar-refractivity contribution >= 4 is 21.7 Å². The number of unbranched alkanes of at least 4 members (excludes halogenated alkanes) is 2. The maximum Gasteiger partial charge on any atom is 0.240 e. The quantitative estimate of drug-likeness (QED) is 0.288. The summed E-state index contributed by atoms with van der Waals surface area (Å²) in [5.74, 6) is -0.670. The van der Waals surface area contributed by atoms with Crippen LogP contribution in [0.3, 0.4) is 0 Å². The molecule has 1 aromatic carbocycles. The molecule has 0 aromatic heterocycles. The first-order chi connectivity index (χ1) is 15.0. The van der Waals surface area contributed by atoms with Gasteiger partial charge in [-0.15, -0.1) is 0 Å². The summed E-state index contributed by atoms with van der Waals surface area (Å²) in [5.41, 5.74) is -0.441. The average Bonchev–Trinajstić information content (AvgIpc) is 3.49. The fraction of sp³-hybridized carbons (Fsp3) is 0.652. The van der Waals surface area contributed by atoms with E-state index in [-0.39, 0.29) is 41.3 Å². The van der Waals surface area contributed by atoms with E-state index in [9.17, 15) is 22.4 Å². The van der Waals surface area contributed by atoms with Gasteiger partial charge in [0.2, 0.25) is 11.8 Å². The van der Waals surface area contributed by atoms with Gasteiger partial charge in [-0.05, 0) is 55.7 Å². The van der Waals surface area contributed by atoms with Crippen molar-refractivity contribution in [3.8, 4) is 5.75 Å². The average molecular weight is 469 g/mol. The molecule has 2 aliphatic rings. The molecule has 178 valence electrons. The Morgan fingerprint density at radius 1 is 1.12 bits per heavy atom. The van der Waals surface area contributed by atoms with Crippen molar-refractivity contribution in [2.45, 2.75) is 57.3 Å². The van der Waals surface area contributed by atoms with Crippen molar-refractivity contribution in [1.82, 2.24) is 10.2 Å². The largest absolute Gasteiger partial charge is 0.490 e. The molecular formula is C23H33FN2O5S. The van der Waals surface area contributed by atoms with Gasteiger partial charge in [-0.1, -0.05) is 26.7 Å². The Morgan fingerprint density at radius 2 is 1.81 bits per heavy atom. The van der Waals surface area contributed by atoms with Crippen molar-refractivity contribution in [2.75, 3.05) is 32.0 Å². The van der Waals surface area contributed by atoms with Crippen LogP contribution in [0.15, 0.2) is 23.1 Å². The molecule has 32 heavy (non-hydrogen) atoms. The first-order valence-electron chi connectivity index (χ1n) is 11.2. The van der Waals surface area contributed by atoms with Crippen LogP contribution >= 0.6 is 0 Å². The molecule has 3 rings (SSSR count). The summed E-state index contributed by atoms with van der Waals surface area (Å²) in [6.07, 6.45) is 5.42. The van der Waals surface area contributed by atoms with Gasteiger partial charge in [0.05, 0.1) is 30.3 Å². The zero-order chi connectivity index (χ0) is 23.4. The predicted octanol–water partition coefficient (Wildman–Crippen LogP) is 2.93. The molecule has 0 atom stereocenters. The van der Waals surface area contributed by atoms with E-state index in [4.69, 9.17) is 4.74 Å². The number of hydrogen-bond donors (Lipinski definition) is 1. The lowest BCUT2D eigenvalue weighted by molar-refractivity contribution is -0.136. The van der Waals surface area contributed by atoms with E-state index in [1.807, 2.05) is 18.7 Å². The molecule has 1 aromatic rings. The minimum absolute atomic E-state index is 0.000608. The van der Waals surface area contributed by atoms with Gasteiger partial charge in [0.15, 0.2) is 21.4 Å². The second-order valence-electron chi connectivity index (χ2n) is 9.76. The number of nitrogens with one attached hydrogen (secondary N) is 1. The summed E-state index contributed by atoms with van der Waals surface area (Å²) in [6, 6.07) is 3.77. The summed E-state index contributed by atoms with van der Waals surface area (Å²) >= 11 is 0. The number of halogens is 1. The molecular weight excluding hydrogens is 435 g/mol. The zero-order valence-corrected chi connectivity index (χ0v) is 19.7. The lowest BCUT2D eigenvalue weighted by atomic mass is 9.89. The Kier molecular flexibility index (Phi) is 7.92. The van der Waals surface area contributed by atoms with E-state index in [0.717, 1.165) is 44.6 Å². The summed E-state index contributed by atoms with van der Waals surface area (Å²) in [6.45, 7) is 5.40. The van der Waals surface area contributed by atoms with Crippen molar-refractivity contribution < 1.29 is 27.1 Å². The Balaban J connectivity index is 1.46. The molecule has 9 heteroatoms. The SMILES string of the molecule is CC(C)(CCCCCN1CC(=O)NC(=O)C1)CS(=O)(=O)c1ccc(F)c(OCC2CC2)c1.